The molecule has 0 aliphatic heterocycles. The van der Waals surface area contributed by atoms with Crippen molar-refractivity contribution in [3.8, 4) is 5.69 Å². The van der Waals surface area contributed by atoms with Gasteiger partial charge in [-0.2, -0.15) is 0 Å². The van der Waals surface area contributed by atoms with Crippen LogP contribution in [-0.4, -0.2) is 25.9 Å². The predicted octanol–water partition coefficient (Wildman–Crippen LogP) is 2.66. The summed E-state index contributed by atoms with van der Waals surface area (Å²) < 4.78 is 2.63. The summed E-state index contributed by atoms with van der Waals surface area (Å²) in [4.78, 5) is 16.2. The lowest BCUT2D eigenvalue weighted by Crippen LogP contribution is -2.24. The third-order valence-corrected chi connectivity index (χ3v) is 3.91. The number of carbonyl (C=O) groups excluding carboxylic acids is 1. The topological polar surface area (TPSA) is 72.7 Å². The van der Waals surface area contributed by atoms with Crippen LogP contribution >= 0.6 is 15.9 Å². The Balaban J connectivity index is 1.76. The molecule has 0 saturated carbocycles. The van der Waals surface area contributed by atoms with Crippen LogP contribution in [0, 0.1) is 6.92 Å². The number of hydrogen-bond acceptors (Lipinski definition) is 4. The Kier molecular flexibility index (Phi) is 4.47. The second-order valence-corrected chi connectivity index (χ2v) is 5.87. The zero-order valence-corrected chi connectivity index (χ0v) is 14.0. The van der Waals surface area contributed by atoms with Crippen molar-refractivity contribution in [1.29, 1.82) is 0 Å². The van der Waals surface area contributed by atoms with E-state index in [0.29, 0.717) is 17.9 Å². The summed E-state index contributed by atoms with van der Waals surface area (Å²) in [7, 11) is 0. The van der Waals surface area contributed by atoms with E-state index in [9.17, 15) is 4.79 Å². The number of hydrogen-bond donors (Lipinski definition) is 1. The van der Waals surface area contributed by atoms with Crippen molar-refractivity contribution in [2.24, 2.45) is 0 Å². The van der Waals surface area contributed by atoms with Crippen LogP contribution in [-0.2, 0) is 6.54 Å². The molecule has 0 fully saturated rings. The van der Waals surface area contributed by atoms with Crippen molar-refractivity contribution in [2.75, 3.05) is 0 Å². The Hall–Kier alpha value is -2.54. The molecule has 0 spiro atoms. The van der Waals surface area contributed by atoms with Gasteiger partial charge in [0.25, 0.3) is 5.91 Å². The van der Waals surface area contributed by atoms with Crippen molar-refractivity contribution in [2.45, 2.75) is 13.5 Å². The molecule has 3 aromatic rings. The molecule has 0 saturated heterocycles. The highest BCUT2D eigenvalue weighted by molar-refractivity contribution is 9.10. The summed E-state index contributed by atoms with van der Waals surface area (Å²) >= 11 is 3.39. The molecular formula is C16H14BrN5O. The lowest BCUT2D eigenvalue weighted by atomic mass is 10.2. The van der Waals surface area contributed by atoms with Gasteiger partial charge in [0.05, 0.1) is 11.4 Å². The summed E-state index contributed by atoms with van der Waals surface area (Å²) in [6.45, 7) is 2.25. The van der Waals surface area contributed by atoms with Crippen molar-refractivity contribution < 1.29 is 4.79 Å². The zero-order chi connectivity index (χ0) is 16.2. The van der Waals surface area contributed by atoms with E-state index in [1.807, 2.05) is 43.3 Å². The standard InChI is InChI=1S/C16H14BrN5O/c1-11-15(16(23)19-10-12-6-8-18-9-7-12)20-21-22(11)14-4-2-13(17)3-5-14/h2-9H,10H2,1H3,(H,19,23). The van der Waals surface area contributed by atoms with E-state index in [0.717, 1.165) is 15.7 Å². The van der Waals surface area contributed by atoms with Crippen LogP contribution in [0.2, 0.25) is 0 Å². The Bertz CT molecular complexity index is 814. The van der Waals surface area contributed by atoms with Crippen LogP contribution in [0.5, 0.6) is 0 Å². The van der Waals surface area contributed by atoms with Crippen LogP contribution in [0.4, 0.5) is 0 Å². The fourth-order valence-electron chi connectivity index (χ4n) is 2.13. The SMILES string of the molecule is Cc1c(C(=O)NCc2ccncc2)nnn1-c1ccc(Br)cc1. The quantitative estimate of drug-likeness (QED) is 0.764. The van der Waals surface area contributed by atoms with Crippen molar-refractivity contribution in [3.05, 3.63) is 70.2 Å². The number of benzene rings is 1. The number of nitrogens with one attached hydrogen (secondary N) is 1. The molecule has 0 atom stereocenters. The number of nitrogens with zero attached hydrogens (tertiary/aromatic N) is 4. The van der Waals surface area contributed by atoms with Gasteiger partial charge in [0.15, 0.2) is 5.69 Å². The summed E-state index contributed by atoms with van der Waals surface area (Å²) in [5, 5.41) is 10.9. The third-order valence-electron chi connectivity index (χ3n) is 3.38. The number of rotatable bonds is 4. The highest BCUT2D eigenvalue weighted by atomic mass is 79.9. The maximum atomic E-state index is 12.3. The fraction of sp³-hybridized carbons (Fsp3) is 0.125. The van der Waals surface area contributed by atoms with E-state index in [2.05, 4.69) is 36.5 Å². The molecule has 1 N–H and O–H groups in total. The van der Waals surface area contributed by atoms with Gasteiger partial charge in [0.2, 0.25) is 0 Å². The van der Waals surface area contributed by atoms with E-state index in [4.69, 9.17) is 0 Å². The molecule has 1 amide bonds. The molecule has 0 aliphatic carbocycles. The third kappa shape index (κ3) is 3.45. The van der Waals surface area contributed by atoms with Gasteiger partial charge in [-0.1, -0.05) is 21.1 Å². The van der Waals surface area contributed by atoms with Crippen molar-refractivity contribution in [3.63, 3.8) is 0 Å². The van der Waals surface area contributed by atoms with Gasteiger partial charge >= 0.3 is 0 Å². The molecule has 23 heavy (non-hydrogen) atoms. The summed E-state index contributed by atoms with van der Waals surface area (Å²) in [6.07, 6.45) is 3.38. The molecule has 0 aliphatic rings. The summed E-state index contributed by atoms with van der Waals surface area (Å²) in [5.74, 6) is -0.248. The highest BCUT2D eigenvalue weighted by Crippen LogP contribution is 2.16. The number of amides is 1. The molecule has 1 aromatic carbocycles. The lowest BCUT2D eigenvalue weighted by Gasteiger charge is -2.05. The van der Waals surface area contributed by atoms with Gasteiger partial charge in [-0.3, -0.25) is 9.78 Å². The molecule has 3 rings (SSSR count). The van der Waals surface area contributed by atoms with Gasteiger partial charge in [-0.15, -0.1) is 5.10 Å². The number of aromatic nitrogens is 4. The first kappa shape index (κ1) is 15.4. The van der Waals surface area contributed by atoms with Crippen LogP contribution < -0.4 is 5.32 Å². The van der Waals surface area contributed by atoms with E-state index >= 15 is 0 Å². The minimum absolute atomic E-state index is 0.248. The van der Waals surface area contributed by atoms with Gasteiger partial charge < -0.3 is 5.32 Å². The first-order valence-electron chi connectivity index (χ1n) is 7.00. The number of halogens is 1. The Morgan fingerprint density at radius 3 is 2.57 bits per heavy atom. The summed E-state index contributed by atoms with van der Waals surface area (Å²) in [6, 6.07) is 11.4. The van der Waals surface area contributed by atoms with E-state index in [1.54, 1.807) is 17.1 Å². The lowest BCUT2D eigenvalue weighted by molar-refractivity contribution is 0.0945. The molecule has 2 heterocycles. The molecule has 0 unspecified atom stereocenters. The summed E-state index contributed by atoms with van der Waals surface area (Å²) in [5.41, 5.74) is 2.85. The van der Waals surface area contributed by atoms with Crippen molar-refractivity contribution >= 4 is 21.8 Å². The van der Waals surface area contributed by atoms with Gasteiger partial charge in [-0.05, 0) is 48.9 Å². The molecule has 116 valence electrons. The smallest absolute Gasteiger partial charge is 0.274 e. The van der Waals surface area contributed by atoms with E-state index in [-0.39, 0.29) is 5.91 Å². The average molecular weight is 372 g/mol. The minimum atomic E-state index is -0.248. The molecular weight excluding hydrogens is 358 g/mol. The molecule has 6 nitrogen and oxygen atoms in total. The second-order valence-electron chi connectivity index (χ2n) is 4.95. The molecule has 0 bridgehead atoms. The maximum Gasteiger partial charge on any atom is 0.274 e. The van der Waals surface area contributed by atoms with E-state index in [1.165, 1.54) is 0 Å². The molecule has 2 aromatic heterocycles. The van der Waals surface area contributed by atoms with Gasteiger partial charge in [0.1, 0.15) is 0 Å². The molecule has 0 radical (unpaired) electrons. The Morgan fingerprint density at radius 2 is 1.87 bits per heavy atom. The van der Waals surface area contributed by atoms with Gasteiger partial charge in [0, 0.05) is 23.4 Å². The van der Waals surface area contributed by atoms with Crippen LogP contribution in [0.3, 0.4) is 0 Å². The van der Waals surface area contributed by atoms with Crippen LogP contribution in [0.15, 0.2) is 53.3 Å². The van der Waals surface area contributed by atoms with Crippen LogP contribution in [0.25, 0.3) is 5.69 Å². The monoisotopic (exact) mass is 371 g/mol. The van der Waals surface area contributed by atoms with Crippen molar-refractivity contribution in [1.82, 2.24) is 25.3 Å². The number of pyridine rings is 1. The molecule has 7 heteroatoms. The predicted molar refractivity (Wildman–Crippen MR) is 89.2 cm³/mol. The Labute approximate surface area is 141 Å². The largest absolute Gasteiger partial charge is 0.347 e. The minimum Gasteiger partial charge on any atom is -0.347 e. The number of carbonyl (C=O) groups is 1. The first-order chi connectivity index (χ1) is 11.1. The maximum absolute atomic E-state index is 12.3. The van der Waals surface area contributed by atoms with Crippen LogP contribution in [0.1, 0.15) is 21.7 Å². The zero-order valence-electron chi connectivity index (χ0n) is 12.4. The average Bonchev–Trinajstić information content (AvgIpc) is 2.96. The van der Waals surface area contributed by atoms with Gasteiger partial charge in [-0.25, -0.2) is 4.68 Å². The second kappa shape index (κ2) is 6.70. The fourth-order valence-corrected chi connectivity index (χ4v) is 2.40. The normalized spacial score (nSPS) is 10.5. The first-order valence-corrected chi connectivity index (χ1v) is 7.80. The highest BCUT2D eigenvalue weighted by Gasteiger charge is 2.17. The Morgan fingerprint density at radius 1 is 1.17 bits per heavy atom. The van der Waals surface area contributed by atoms with E-state index < -0.39 is 0 Å².